The minimum Gasteiger partial charge on any atom is -0.478 e. The number of carbonyl (C=O) groups is 1. The van der Waals surface area contributed by atoms with E-state index >= 15 is 0 Å². The molecule has 3 nitrogen and oxygen atoms in total. The van der Waals surface area contributed by atoms with Crippen LogP contribution in [0.1, 0.15) is 15.9 Å². The Balaban J connectivity index is 2.22. The van der Waals surface area contributed by atoms with Crippen molar-refractivity contribution in [2.75, 3.05) is 0 Å². The lowest BCUT2D eigenvalue weighted by Crippen LogP contribution is -1.98. The summed E-state index contributed by atoms with van der Waals surface area (Å²) in [5, 5.41) is 8.77. The number of aromatic nitrogens is 1. The first kappa shape index (κ1) is 11.9. The van der Waals surface area contributed by atoms with Crippen LogP contribution in [-0.4, -0.2) is 15.6 Å². The molecule has 0 aliphatic carbocycles. The van der Waals surface area contributed by atoms with Gasteiger partial charge in [0.25, 0.3) is 0 Å². The normalized spacial score (nSPS) is 10.5. The Labute approximate surface area is 106 Å². The highest BCUT2D eigenvalue weighted by atomic mass is 79.9. The molecule has 1 aromatic carbocycles. The molecular formula is C12H9BrFNO2. The van der Waals surface area contributed by atoms with E-state index < -0.39 is 5.97 Å². The Morgan fingerprint density at radius 3 is 2.76 bits per heavy atom. The molecule has 0 saturated carbocycles. The maximum Gasteiger partial charge on any atom is 0.337 e. The lowest BCUT2D eigenvalue weighted by atomic mass is 10.2. The molecule has 0 unspecified atom stereocenters. The molecule has 0 radical (unpaired) electrons. The van der Waals surface area contributed by atoms with Crippen molar-refractivity contribution < 1.29 is 14.3 Å². The van der Waals surface area contributed by atoms with Crippen molar-refractivity contribution in [2.24, 2.45) is 0 Å². The molecule has 5 heteroatoms. The lowest BCUT2D eigenvalue weighted by molar-refractivity contribution is 0.0697. The minimum absolute atomic E-state index is 0.223. The molecule has 0 fully saturated rings. The summed E-state index contributed by atoms with van der Waals surface area (Å²) in [4.78, 5) is 10.7. The molecule has 0 spiro atoms. The summed E-state index contributed by atoms with van der Waals surface area (Å²) in [6.45, 7) is 0.434. The predicted octanol–water partition coefficient (Wildman–Crippen LogP) is 3.14. The zero-order valence-corrected chi connectivity index (χ0v) is 10.3. The van der Waals surface area contributed by atoms with Crippen molar-refractivity contribution in [2.45, 2.75) is 6.54 Å². The largest absolute Gasteiger partial charge is 0.478 e. The smallest absolute Gasteiger partial charge is 0.337 e. The van der Waals surface area contributed by atoms with Gasteiger partial charge < -0.3 is 9.67 Å². The molecule has 88 valence electrons. The van der Waals surface area contributed by atoms with E-state index in [0.717, 1.165) is 5.56 Å². The molecule has 0 amide bonds. The van der Waals surface area contributed by atoms with Gasteiger partial charge in [-0.05, 0) is 29.8 Å². The standard InChI is InChI=1S/C12H9BrFNO2/c13-10-3-8(4-11(14)5-10)6-15-2-1-9(7-15)12(16)17/h1-5,7H,6H2,(H,16,17). The topological polar surface area (TPSA) is 42.2 Å². The third-order valence-electron chi connectivity index (χ3n) is 2.28. The second kappa shape index (κ2) is 4.71. The van der Waals surface area contributed by atoms with Gasteiger partial charge in [-0.2, -0.15) is 0 Å². The van der Waals surface area contributed by atoms with Crippen molar-refractivity contribution in [1.29, 1.82) is 0 Å². The van der Waals surface area contributed by atoms with Gasteiger partial charge in [-0.1, -0.05) is 15.9 Å². The number of hydrogen-bond acceptors (Lipinski definition) is 1. The maximum atomic E-state index is 13.1. The number of rotatable bonds is 3. The lowest BCUT2D eigenvalue weighted by Gasteiger charge is -2.04. The van der Waals surface area contributed by atoms with Crippen molar-refractivity contribution >= 4 is 21.9 Å². The zero-order chi connectivity index (χ0) is 12.4. The van der Waals surface area contributed by atoms with E-state index in [-0.39, 0.29) is 11.4 Å². The van der Waals surface area contributed by atoms with Gasteiger partial charge in [0, 0.05) is 23.4 Å². The fourth-order valence-corrected chi connectivity index (χ4v) is 2.09. The summed E-state index contributed by atoms with van der Waals surface area (Å²) in [6, 6.07) is 6.10. The third kappa shape index (κ3) is 2.94. The second-order valence-corrected chi connectivity index (χ2v) is 4.57. The van der Waals surface area contributed by atoms with Gasteiger partial charge in [-0.3, -0.25) is 0 Å². The molecule has 0 atom stereocenters. The Morgan fingerprint density at radius 1 is 1.41 bits per heavy atom. The number of benzene rings is 1. The number of carboxylic acid groups (broad SMARTS) is 1. The molecule has 0 aliphatic rings. The van der Waals surface area contributed by atoms with Crippen LogP contribution < -0.4 is 0 Å². The van der Waals surface area contributed by atoms with Crippen LogP contribution in [0, 0.1) is 5.82 Å². The molecular weight excluding hydrogens is 289 g/mol. The average molecular weight is 298 g/mol. The van der Waals surface area contributed by atoms with Gasteiger partial charge >= 0.3 is 5.97 Å². The van der Waals surface area contributed by atoms with E-state index in [9.17, 15) is 9.18 Å². The first-order valence-corrected chi connectivity index (χ1v) is 5.68. The summed E-state index contributed by atoms with van der Waals surface area (Å²) >= 11 is 3.21. The Hall–Kier alpha value is -1.62. The molecule has 0 aliphatic heterocycles. The molecule has 0 bridgehead atoms. The van der Waals surface area contributed by atoms with E-state index in [1.165, 1.54) is 24.4 Å². The number of carboxylic acids is 1. The molecule has 2 rings (SSSR count). The van der Waals surface area contributed by atoms with Crippen LogP contribution in [-0.2, 0) is 6.54 Å². The van der Waals surface area contributed by atoms with Gasteiger partial charge in [-0.15, -0.1) is 0 Å². The van der Waals surface area contributed by atoms with E-state index in [4.69, 9.17) is 5.11 Å². The third-order valence-corrected chi connectivity index (χ3v) is 2.74. The summed E-state index contributed by atoms with van der Waals surface area (Å²) in [7, 11) is 0. The highest BCUT2D eigenvalue weighted by Gasteiger charge is 2.05. The summed E-state index contributed by atoms with van der Waals surface area (Å²) < 4.78 is 15.5. The first-order valence-electron chi connectivity index (χ1n) is 4.88. The van der Waals surface area contributed by atoms with E-state index in [1.807, 2.05) is 0 Å². The molecule has 17 heavy (non-hydrogen) atoms. The quantitative estimate of drug-likeness (QED) is 0.946. The highest BCUT2D eigenvalue weighted by Crippen LogP contribution is 2.16. The Bertz CT molecular complexity index is 545. The van der Waals surface area contributed by atoms with Crippen molar-refractivity contribution in [3.63, 3.8) is 0 Å². The Morgan fingerprint density at radius 2 is 2.18 bits per heavy atom. The fraction of sp³-hybridized carbons (Fsp3) is 0.0833. The molecule has 2 aromatic rings. The minimum atomic E-state index is -0.968. The van der Waals surface area contributed by atoms with Crippen LogP contribution >= 0.6 is 15.9 Å². The Kier molecular flexibility index (Phi) is 3.28. The molecule has 1 N–H and O–H groups in total. The van der Waals surface area contributed by atoms with Gasteiger partial charge in [0.05, 0.1) is 5.56 Å². The van der Waals surface area contributed by atoms with Crippen molar-refractivity contribution in [3.8, 4) is 0 Å². The maximum absolute atomic E-state index is 13.1. The first-order chi connectivity index (χ1) is 8.04. The molecule has 0 saturated heterocycles. The zero-order valence-electron chi connectivity index (χ0n) is 8.73. The predicted molar refractivity (Wildman–Crippen MR) is 64.6 cm³/mol. The monoisotopic (exact) mass is 297 g/mol. The molecule has 1 heterocycles. The van der Waals surface area contributed by atoms with Crippen LogP contribution in [0.2, 0.25) is 0 Å². The van der Waals surface area contributed by atoms with Crippen LogP contribution in [0.3, 0.4) is 0 Å². The highest BCUT2D eigenvalue weighted by molar-refractivity contribution is 9.10. The van der Waals surface area contributed by atoms with E-state index in [2.05, 4.69) is 15.9 Å². The second-order valence-electron chi connectivity index (χ2n) is 3.66. The van der Waals surface area contributed by atoms with Crippen LogP contribution in [0.5, 0.6) is 0 Å². The van der Waals surface area contributed by atoms with Crippen molar-refractivity contribution in [3.05, 3.63) is 58.1 Å². The average Bonchev–Trinajstić information content (AvgIpc) is 2.64. The summed E-state index contributed by atoms with van der Waals surface area (Å²) in [5.74, 6) is -1.29. The van der Waals surface area contributed by atoms with Crippen LogP contribution in [0.4, 0.5) is 4.39 Å². The SMILES string of the molecule is O=C(O)c1ccn(Cc2cc(F)cc(Br)c2)c1. The van der Waals surface area contributed by atoms with Gasteiger partial charge in [0.2, 0.25) is 0 Å². The van der Waals surface area contributed by atoms with Crippen molar-refractivity contribution in [1.82, 2.24) is 4.57 Å². The number of nitrogens with zero attached hydrogens (tertiary/aromatic N) is 1. The summed E-state index contributed by atoms with van der Waals surface area (Å²) in [5.41, 5.74) is 0.991. The number of hydrogen-bond donors (Lipinski definition) is 1. The summed E-state index contributed by atoms with van der Waals surface area (Å²) in [6.07, 6.45) is 3.17. The van der Waals surface area contributed by atoms with E-state index in [1.54, 1.807) is 16.8 Å². The van der Waals surface area contributed by atoms with Crippen LogP contribution in [0.25, 0.3) is 0 Å². The van der Waals surface area contributed by atoms with Gasteiger partial charge in [0.15, 0.2) is 0 Å². The fourth-order valence-electron chi connectivity index (χ4n) is 1.58. The van der Waals surface area contributed by atoms with Gasteiger partial charge in [0.1, 0.15) is 5.82 Å². The molecule has 1 aromatic heterocycles. The number of aromatic carboxylic acids is 1. The van der Waals surface area contributed by atoms with Gasteiger partial charge in [-0.25, -0.2) is 9.18 Å². The number of halogens is 2. The van der Waals surface area contributed by atoms with Crippen LogP contribution in [0.15, 0.2) is 41.1 Å². The van der Waals surface area contributed by atoms with E-state index in [0.29, 0.717) is 11.0 Å².